The molecule has 1 unspecified atom stereocenters. The van der Waals surface area contributed by atoms with E-state index in [-0.39, 0.29) is 7.43 Å². The maximum Gasteiger partial charge on any atom is -0.00609 e. The molecular formula is C40H70. The van der Waals surface area contributed by atoms with Gasteiger partial charge in [-0.3, -0.25) is 0 Å². The van der Waals surface area contributed by atoms with Crippen molar-refractivity contribution in [3.63, 3.8) is 0 Å². The largest absolute Gasteiger partial charge is 0.124 e. The molecule has 2 aliphatic rings. The van der Waals surface area contributed by atoms with Crippen LogP contribution in [0.2, 0.25) is 0 Å². The van der Waals surface area contributed by atoms with Crippen molar-refractivity contribution in [1.82, 2.24) is 0 Å². The van der Waals surface area contributed by atoms with E-state index >= 15 is 0 Å². The van der Waals surface area contributed by atoms with E-state index in [0.29, 0.717) is 0 Å². The first-order valence-electron chi connectivity index (χ1n) is 16.4. The molecule has 230 valence electrons. The van der Waals surface area contributed by atoms with Gasteiger partial charge >= 0.3 is 0 Å². The van der Waals surface area contributed by atoms with Crippen LogP contribution in [0.5, 0.6) is 0 Å². The average Bonchev–Trinajstić information content (AvgIpc) is 2.98. The predicted molar refractivity (Wildman–Crippen MR) is 188 cm³/mol. The molecule has 1 fully saturated rings. The van der Waals surface area contributed by atoms with Crippen LogP contribution >= 0.6 is 0 Å². The van der Waals surface area contributed by atoms with Gasteiger partial charge in [-0.05, 0) is 105 Å². The molecule has 0 radical (unpaired) electrons. The fourth-order valence-electron chi connectivity index (χ4n) is 5.78. The maximum absolute atomic E-state index is 4.00. The van der Waals surface area contributed by atoms with Gasteiger partial charge in [0.25, 0.3) is 0 Å². The normalized spacial score (nSPS) is 19.9. The van der Waals surface area contributed by atoms with Crippen LogP contribution in [0, 0.1) is 44.4 Å². The molecule has 0 N–H and O–H groups in total. The van der Waals surface area contributed by atoms with Crippen molar-refractivity contribution in [3.8, 4) is 12.8 Å². The fraction of sp³-hybridized carbons (Fsp3) is 0.650. The molecule has 1 aromatic rings. The van der Waals surface area contributed by atoms with Crippen LogP contribution in [0.25, 0.3) is 0 Å². The molecule has 1 aromatic carbocycles. The lowest BCUT2D eigenvalue weighted by atomic mass is 9.74. The molecule has 40 heavy (non-hydrogen) atoms. The van der Waals surface area contributed by atoms with E-state index in [1.165, 1.54) is 80.1 Å². The van der Waals surface area contributed by atoms with Gasteiger partial charge in [-0.2, -0.15) is 0 Å². The lowest BCUT2D eigenvalue weighted by Crippen LogP contribution is -2.17. The molecular weight excluding hydrogens is 480 g/mol. The average molecular weight is 551 g/mol. The van der Waals surface area contributed by atoms with Crippen LogP contribution in [0.4, 0.5) is 0 Å². The molecule has 0 amide bonds. The Balaban J connectivity index is -0.00000140. The van der Waals surface area contributed by atoms with Crippen LogP contribution in [-0.2, 0) is 6.42 Å². The smallest absolute Gasteiger partial charge is 0.00609 e. The molecule has 3 rings (SSSR count). The number of rotatable bonds is 8. The van der Waals surface area contributed by atoms with Gasteiger partial charge in [0, 0.05) is 0 Å². The zero-order chi connectivity index (χ0) is 30.4. The molecule has 0 heterocycles. The topological polar surface area (TPSA) is 0 Å². The number of hydrogen-bond acceptors (Lipinski definition) is 0. The first-order chi connectivity index (χ1) is 18.9. The van der Waals surface area contributed by atoms with Gasteiger partial charge in [0.15, 0.2) is 0 Å². The van der Waals surface area contributed by atoms with Crippen LogP contribution in [0.1, 0.15) is 151 Å². The van der Waals surface area contributed by atoms with Crippen molar-refractivity contribution in [1.29, 1.82) is 0 Å². The molecule has 1 atom stereocenters. The number of allylic oxidation sites excluding steroid dienone is 6. The van der Waals surface area contributed by atoms with Crippen molar-refractivity contribution < 1.29 is 0 Å². The van der Waals surface area contributed by atoms with E-state index < -0.39 is 0 Å². The number of hydrogen-bond donors (Lipinski definition) is 0. The summed E-state index contributed by atoms with van der Waals surface area (Å²) < 4.78 is 0. The third-order valence-electron chi connectivity index (χ3n) is 7.98. The fourth-order valence-corrected chi connectivity index (χ4v) is 5.78. The molecule has 0 heteroatoms. The van der Waals surface area contributed by atoms with Crippen LogP contribution < -0.4 is 0 Å². The zero-order valence-electron chi connectivity index (χ0n) is 28.3. The second-order valence-electron chi connectivity index (χ2n) is 10.6. The summed E-state index contributed by atoms with van der Waals surface area (Å²) in [5, 5.41) is 0. The van der Waals surface area contributed by atoms with Crippen LogP contribution in [0.15, 0.2) is 52.6 Å². The van der Waals surface area contributed by atoms with Gasteiger partial charge in [-0.25, -0.2) is 0 Å². The quantitative estimate of drug-likeness (QED) is 0.282. The van der Waals surface area contributed by atoms with E-state index in [1.807, 2.05) is 41.5 Å². The zero-order valence-corrected chi connectivity index (χ0v) is 28.3. The second kappa shape index (κ2) is 25.9. The molecule has 0 aromatic heterocycles. The van der Waals surface area contributed by atoms with Gasteiger partial charge in [-0.1, -0.05) is 137 Å². The van der Waals surface area contributed by atoms with Gasteiger partial charge < -0.3 is 0 Å². The Morgan fingerprint density at radius 3 is 1.93 bits per heavy atom. The minimum absolute atomic E-state index is 0. The van der Waals surface area contributed by atoms with Crippen molar-refractivity contribution in [2.24, 2.45) is 17.8 Å². The Kier molecular flexibility index (Phi) is 27.5. The van der Waals surface area contributed by atoms with E-state index in [1.54, 1.807) is 16.7 Å². The summed E-state index contributed by atoms with van der Waals surface area (Å²) in [5.74, 6) is 2.42. The molecule has 1 saturated carbocycles. The monoisotopic (exact) mass is 551 g/mol. The number of terminal acetylenes is 1. The van der Waals surface area contributed by atoms with E-state index in [0.717, 1.165) is 24.2 Å². The lowest BCUT2D eigenvalue weighted by Gasteiger charge is -2.31. The number of benzene rings is 1. The molecule has 0 aliphatic heterocycles. The minimum Gasteiger partial charge on any atom is -0.124 e. The first-order valence-corrected chi connectivity index (χ1v) is 16.4. The van der Waals surface area contributed by atoms with Crippen LogP contribution in [-0.4, -0.2) is 0 Å². The maximum atomic E-state index is 4.00. The highest BCUT2D eigenvalue weighted by Crippen LogP contribution is 2.40. The van der Waals surface area contributed by atoms with Crippen molar-refractivity contribution in [2.45, 2.75) is 155 Å². The lowest BCUT2D eigenvalue weighted by molar-refractivity contribution is 0.317. The van der Waals surface area contributed by atoms with Gasteiger partial charge in [0.1, 0.15) is 0 Å². The van der Waals surface area contributed by atoms with E-state index in [2.05, 4.69) is 84.7 Å². The molecule has 0 saturated heterocycles. The first kappa shape index (κ1) is 42.5. The Labute approximate surface area is 254 Å². The van der Waals surface area contributed by atoms with Gasteiger partial charge in [-0.15, -0.1) is 12.8 Å². The molecule has 0 spiro atoms. The number of aryl methyl sites for hydroxylation is 2. The van der Waals surface area contributed by atoms with Crippen molar-refractivity contribution in [3.05, 3.63) is 69.3 Å². The molecule has 0 bridgehead atoms. The Morgan fingerprint density at radius 1 is 0.850 bits per heavy atom. The summed E-state index contributed by atoms with van der Waals surface area (Å²) in [5.41, 5.74) is 10.9. The SMILES string of the molecule is C.C#C.CC.CC.CC.CCCC1=C(/C=C(\Cc2ccc(C)c(C)c2)C2CCC(C)CC2)C(C)=CCC1CCC. The van der Waals surface area contributed by atoms with E-state index in [4.69, 9.17) is 0 Å². The van der Waals surface area contributed by atoms with Gasteiger partial charge in [0.05, 0.1) is 0 Å². The summed E-state index contributed by atoms with van der Waals surface area (Å²) in [6.07, 6.45) is 26.2. The highest BCUT2D eigenvalue weighted by Gasteiger charge is 2.25. The minimum atomic E-state index is 0. The summed E-state index contributed by atoms with van der Waals surface area (Å²) in [7, 11) is 0. The Hall–Kier alpha value is -2.00. The molecule has 2 aliphatic carbocycles. The summed E-state index contributed by atoms with van der Waals surface area (Å²) in [4.78, 5) is 0. The van der Waals surface area contributed by atoms with Crippen molar-refractivity contribution in [2.75, 3.05) is 0 Å². The third kappa shape index (κ3) is 14.1. The third-order valence-corrected chi connectivity index (χ3v) is 7.98. The van der Waals surface area contributed by atoms with Crippen LogP contribution in [0.3, 0.4) is 0 Å². The molecule has 0 nitrogen and oxygen atoms in total. The summed E-state index contributed by atoms with van der Waals surface area (Å²) in [6.45, 7) is 26.0. The standard InChI is InChI=1S/C31H46.3C2H6.C2H2.CH4/c1-7-9-28-18-14-24(5)31(30(28)10-8-2)21-29(27-16-11-22(3)12-17-27)20-26-15-13-23(4)25(6)19-26;4*1-2;/h13-15,19,21-22,27-28H,7-12,16-18,20H2,1-6H3;3*1-2H3;1-2H;1H4/b29-21+;;;;;. The highest BCUT2D eigenvalue weighted by molar-refractivity contribution is 5.48. The summed E-state index contributed by atoms with van der Waals surface area (Å²) in [6, 6.07) is 7.11. The highest BCUT2D eigenvalue weighted by atomic mass is 14.3. The Bertz CT molecular complexity index is 865. The Morgan fingerprint density at radius 2 is 1.43 bits per heavy atom. The summed E-state index contributed by atoms with van der Waals surface area (Å²) >= 11 is 0. The van der Waals surface area contributed by atoms with Crippen molar-refractivity contribution >= 4 is 0 Å². The second-order valence-corrected chi connectivity index (χ2v) is 10.6. The van der Waals surface area contributed by atoms with E-state index in [9.17, 15) is 0 Å². The predicted octanol–water partition coefficient (Wildman–Crippen LogP) is 13.4. The van der Waals surface area contributed by atoms with Gasteiger partial charge in [0.2, 0.25) is 0 Å².